The number of hydrogen-bond acceptors (Lipinski definition) is 3. The van der Waals surface area contributed by atoms with E-state index in [9.17, 15) is 9.90 Å². The van der Waals surface area contributed by atoms with Crippen molar-refractivity contribution in [3.05, 3.63) is 58.1 Å². The second-order valence-electron chi connectivity index (χ2n) is 4.50. The molecule has 0 heterocycles. The van der Waals surface area contributed by atoms with E-state index in [4.69, 9.17) is 21.1 Å². The fourth-order valence-corrected chi connectivity index (χ4v) is 2.22. The van der Waals surface area contributed by atoms with E-state index in [1.54, 1.807) is 44.4 Å². The van der Waals surface area contributed by atoms with E-state index in [0.29, 0.717) is 16.5 Å². The average molecular weight is 307 g/mol. The molecule has 1 N–H and O–H groups in total. The highest BCUT2D eigenvalue weighted by Gasteiger charge is 2.14. The zero-order chi connectivity index (χ0) is 15.4. The number of benzene rings is 2. The molecule has 0 aliphatic carbocycles. The van der Waals surface area contributed by atoms with Gasteiger partial charge < -0.3 is 14.6 Å². The van der Waals surface area contributed by atoms with Crippen molar-refractivity contribution < 1.29 is 19.4 Å². The van der Waals surface area contributed by atoms with Crippen molar-refractivity contribution >= 4 is 17.6 Å². The van der Waals surface area contributed by atoms with Crippen LogP contribution < -0.4 is 9.47 Å². The van der Waals surface area contributed by atoms with Crippen LogP contribution in [0.15, 0.2) is 36.4 Å². The molecule has 0 bridgehead atoms. The molecular weight excluding hydrogens is 292 g/mol. The lowest BCUT2D eigenvalue weighted by Gasteiger charge is -2.14. The third kappa shape index (κ3) is 3.47. The maximum Gasteiger partial charge on any atom is 0.339 e. The Hall–Kier alpha value is -2.20. The zero-order valence-corrected chi connectivity index (χ0v) is 12.5. The van der Waals surface area contributed by atoms with Gasteiger partial charge in [0, 0.05) is 10.6 Å². The Balaban J connectivity index is 2.28. The average Bonchev–Trinajstić information content (AvgIpc) is 2.45. The minimum Gasteiger partial charge on any atom is -0.496 e. The highest BCUT2D eigenvalue weighted by atomic mass is 35.5. The smallest absolute Gasteiger partial charge is 0.339 e. The maximum atomic E-state index is 11.2. The summed E-state index contributed by atoms with van der Waals surface area (Å²) in [4.78, 5) is 11.2. The Morgan fingerprint density at radius 1 is 1.29 bits per heavy atom. The molecule has 2 rings (SSSR count). The molecule has 0 aromatic heterocycles. The van der Waals surface area contributed by atoms with Gasteiger partial charge in [0.05, 0.1) is 7.11 Å². The lowest BCUT2D eigenvalue weighted by Crippen LogP contribution is -2.05. The Labute approximate surface area is 127 Å². The summed E-state index contributed by atoms with van der Waals surface area (Å²) < 4.78 is 10.9. The van der Waals surface area contributed by atoms with Gasteiger partial charge in [0.1, 0.15) is 23.7 Å². The summed E-state index contributed by atoms with van der Waals surface area (Å²) in [5.41, 5.74) is 1.65. The van der Waals surface area contributed by atoms with E-state index in [-0.39, 0.29) is 12.2 Å². The minimum absolute atomic E-state index is 0.135. The van der Waals surface area contributed by atoms with Gasteiger partial charge in [-0.3, -0.25) is 0 Å². The van der Waals surface area contributed by atoms with Gasteiger partial charge in [-0.15, -0.1) is 0 Å². The SMILES string of the molecule is COc1ccc(Cl)cc1COc1c(C)cccc1C(=O)O. The fraction of sp³-hybridized carbons (Fsp3) is 0.188. The van der Waals surface area contributed by atoms with Gasteiger partial charge in [-0.2, -0.15) is 0 Å². The second kappa shape index (κ2) is 6.50. The third-order valence-corrected chi connectivity index (χ3v) is 3.29. The molecule has 0 radical (unpaired) electrons. The molecule has 0 aliphatic rings. The van der Waals surface area contributed by atoms with Crippen LogP contribution in [0.2, 0.25) is 5.02 Å². The quantitative estimate of drug-likeness (QED) is 0.909. The Kier molecular flexibility index (Phi) is 4.70. The largest absolute Gasteiger partial charge is 0.496 e. The van der Waals surface area contributed by atoms with Gasteiger partial charge >= 0.3 is 5.97 Å². The highest BCUT2D eigenvalue weighted by molar-refractivity contribution is 6.30. The predicted molar refractivity (Wildman–Crippen MR) is 80.5 cm³/mol. The lowest BCUT2D eigenvalue weighted by atomic mass is 10.1. The lowest BCUT2D eigenvalue weighted by molar-refractivity contribution is 0.0691. The minimum atomic E-state index is -1.02. The molecule has 4 nitrogen and oxygen atoms in total. The molecule has 110 valence electrons. The first-order chi connectivity index (χ1) is 10.0. The number of aryl methyl sites for hydroxylation is 1. The second-order valence-corrected chi connectivity index (χ2v) is 4.94. The molecule has 2 aromatic carbocycles. The van der Waals surface area contributed by atoms with Crippen LogP contribution in [0.4, 0.5) is 0 Å². The van der Waals surface area contributed by atoms with E-state index in [0.717, 1.165) is 11.1 Å². The van der Waals surface area contributed by atoms with Crippen LogP contribution in [-0.2, 0) is 6.61 Å². The molecule has 0 unspecified atom stereocenters. The first-order valence-electron chi connectivity index (χ1n) is 6.31. The summed E-state index contributed by atoms with van der Waals surface area (Å²) >= 11 is 5.96. The van der Waals surface area contributed by atoms with Crippen LogP contribution in [0.25, 0.3) is 0 Å². The molecule has 21 heavy (non-hydrogen) atoms. The van der Waals surface area contributed by atoms with E-state index in [2.05, 4.69) is 0 Å². The number of aromatic carboxylic acids is 1. The molecule has 5 heteroatoms. The predicted octanol–water partition coefficient (Wildman–Crippen LogP) is 3.93. The van der Waals surface area contributed by atoms with Crippen LogP contribution >= 0.6 is 11.6 Å². The monoisotopic (exact) mass is 306 g/mol. The molecule has 0 saturated heterocycles. The van der Waals surface area contributed by atoms with Crippen LogP contribution in [0.1, 0.15) is 21.5 Å². The van der Waals surface area contributed by atoms with Crippen molar-refractivity contribution in [3.63, 3.8) is 0 Å². The third-order valence-electron chi connectivity index (χ3n) is 3.06. The Morgan fingerprint density at radius 3 is 2.71 bits per heavy atom. The summed E-state index contributed by atoms with van der Waals surface area (Å²) in [6.07, 6.45) is 0. The first kappa shape index (κ1) is 15.2. The summed E-state index contributed by atoms with van der Waals surface area (Å²) in [5, 5.41) is 9.77. The van der Waals surface area contributed by atoms with Crippen molar-refractivity contribution in [1.82, 2.24) is 0 Å². The number of halogens is 1. The van der Waals surface area contributed by atoms with Crippen molar-refractivity contribution in [1.29, 1.82) is 0 Å². The highest BCUT2D eigenvalue weighted by Crippen LogP contribution is 2.28. The number of rotatable bonds is 5. The van der Waals surface area contributed by atoms with Crippen molar-refractivity contribution in [2.24, 2.45) is 0 Å². The molecule has 2 aromatic rings. The summed E-state index contributed by atoms with van der Waals surface area (Å²) in [5.74, 6) is -0.0244. The Morgan fingerprint density at radius 2 is 2.05 bits per heavy atom. The van der Waals surface area contributed by atoms with Crippen molar-refractivity contribution in [2.75, 3.05) is 7.11 Å². The number of methoxy groups -OCH3 is 1. The van der Waals surface area contributed by atoms with Crippen molar-refractivity contribution in [3.8, 4) is 11.5 Å². The molecule has 0 spiro atoms. The van der Waals surface area contributed by atoms with Gasteiger partial charge in [-0.1, -0.05) is 23.7 Å². The van der Waals surface area contributed by atoms with Gasteiger partial charge in [0.25, 0.3) is 0 Å². The number of carbonyl (C=O) groups is 1. The van der Waals surface area contributed by atoms with Crippen LogP contribution in [0, 0.1) is 6.92 Å². The van der Waals surface area contributed by atoms with Crippen LogP contribution in [0.5, 0.6) is 11.5 Å². The zero-order valence-electron chi connectivity index (χ0n) is 11.7. The topological polar surface area (TPSA) is 55.8 Å². The summed E-state index contributed by atoms with van der Waals surface area (Å²) in [6.45, 7) is 1.98. The maximum absolute atomic E-state index is 11.2. The molecule has 0 aliphatic heterocycles. The molecule has 0 saturated carbocycles. The van der Waals surface area contributed by atoms with E-state index in [1.807, 2.05) is 0 Å². The van der Waals surface area contributed by atoms with E-state index < -0.39 is 5.97 Å². The first-order valence-corrected chi connectivity index (χ1v) is 6.69. The van der Waals surface area contributed by atoms with Crippen molar-refractivity contribution in [2.45, 2.75) is 13.5 Å². The standard InChI is InChI=1S/C16H15ClO4/c1-10-4-3-5-13(16(18)19)15(10)21-9-11-8-12(17)6-7-14(11)20-2/h3-8H,9H2,1-2H3,(H,18,19). The van der Waals surface area contributed by atoms with Gasteiger partial charge in [-0.25, -0.2) is 4.79 Å². The van der Waals surface area contributed by atoms with Gasteiger partial charge in [0.15, 0.2) is 0 Å². The van der Waals surface area contributed by atoms with Crippen LogP contribution in [-0.4, -0.2) is 18.2 Å². The fourth-order valence-electron chi connectivity index (χ4n) is 2.02. The number of carboxylic acids is 1. The van der Waals surface area contributed by atoms with Crippen LogP contribution in [0.3, 0.4) is 0 Å². The number of hydrogen-bond donors (Lipinski definition) is 1. The summed E-state index contributed by atoms with van der Waals surface area (Å²) in [7, 11) is 1.56. The molecular formula is C16H15ClO4. The molecule has 0 fully saturated rings. The van der Waals surface area contributed by atoms with Gasteiger partial charge in [-0.05, 0) is 36.8 Å². The van der Waals surface area contributed by atoms with E-state index in [1.165, 1.54) is 6.07 Å². The summed E-state index contributed by atoms with van der Waals surface area (Å²) in [6, 6.07) is 10.2. The number of ether oxygens (including phenoxy) is 2. The van der Waals surface area contributed by atoms with Gasteiger partial charge in [0.2, 0.25) is 0 Å². The number of para-hydroxylation sites is 1. The van der Waals surface area contributed by atoms with E-state index >= 15 is 0 Å². The number of carboxylic acid groups (broad SMARTS) is 1. The molecule has 0 atom stereocenters. The normalized spacial score (nSPS) is 10.2. The Bertz CT molecular complexity index is 667. The molecule has 0 amide bonds.